The Bertz CT molecular complexity index is 1490. The molecule has 3 aliphatic rings. The zero-order valence-corrected chi connectivity index (χ0v) is 29.4. The van der Waals surface area contributed by atoms with Gasteiger partial charge in [-0.2, -0.15) is 16.8 Å². The second-order valence-corrected chi connectivity index (χ2v) is 16.2. The zero-order chi connectivity index (χ0) is 31.8. The van der Waals surface area contributed by atoms with E-state index in [4.69, 9.17) is 31.5 Å². The van der Waals surface area contributed by atoms with Gasteiger partial charge in [-0.05, 0) is 53.8 Å². The van der Waals surface area contributed by atoms with Crippen LogP contribution < -0.4 is 4.18 Å². The maximum atomic E-state index is 12.8. The van der Waals surface area contributed by atoms with E-state index in [0.717, 1.165) is 8.95 Å². The molecule has 3 aliphatic heterocycles. The monoisotopic (exact) mass is 782 g/mol. The first kappa shape index (κ1) is 34.2. The van der Waals surface area contributed by atoms with Crippen molar-refractivity contribution in [2.45, 2.75) is 70.4 Å². The Morgan fingerprint density at radius 1 is 0.795 bits per heavy atom. The lowest BCUT2D eigenvalue weighted by molar-refractivity contribution is -0.301. The van der Waals surface area contributed by atoms with Crippen LogP contribution in [0.25, 0.3) is 0 Å². The van der Waals surface area contributed by atoms with E-state index in [1.54, 1.807) is 43.3 Å². The van der Waals surface area contributed by atoms with Crippen molar-refractivity contribution in [3.05, 3.63) is 63.0 Å². The average Bonchev–Trinajstić information content (AvgIpc) is 3.41. The summed E-state index contributed by atoms with van der Waals surface area (Å²) >= 11 is 6.64. The first-order valence-electron chi connectivity index (χ1n) is 14.3. The molecule has 0 spiro atoms. The Balaban J connectivity index is 1.24. The van der Waals surface area contributed by atoms with E-state index in [1.807, 2.05) is 13.8 Å². The van der Waals surface area contributed by atoms with Crippen molar-refractivity contribution in [3.8, 4) is 5.75 Å². The Kier molecular flexibility index (Phi) is 10.8. The van der Waals surface area contributed by atoms with Gasteiger partial charge in [0.1, 0.15) is 23.7 Å². The SMILES string of the molecule is CC1[C@H](O[C@@H]2C3CO[C@H](O3)C(OS(=O)(=O)Oc3ccc(Br)cc3)[C@H]2C)OC(COS(=O)(=O)Cc2ccc(Br)cc2)[C@@H](C)[C@@H]1C. The quantitative estimate of drug-likeness (QED) is 0.280. The summed E-state index contributed by atoms with van der Waals surface area (Å²) in [7, 11) is -8.35. The Labute approximate surface area is 275 Å². The van der Waals surface area contributed by atoms with Crippen LogP contribution in [0.3, 0.4) is 0 Å². The largest absolute Gasteiger partial charge is 0.449 e. The highest BCUT2D eigenvalue weighted by molar-refractivity contribution is 9.10. The summed E-state index contributed by atoms with van der Waals surface area (Å²) < 4.78 is 93.3. The number of halogens is 2. The van der Waals surface area contributed by atoms with Gasteiger partial charge in [-0.25, -0.2) is 4.18 Å². The van der Waals surface area contributed by atoms with Gasteiger partial charge in [0.05, 0.1) is 25.4 Å². The number of benzene rings is 2. The molecule has 2 bridgehead atoms. The zero-order valence-electron chi connectivity index (χ0n) is 24.6. The van der Waals surface area contributed by atoms with Gasteiger partial charge >= 0.3 is 10.4 Å². The van der Waals surface area contributed by atoms with Gasteiger partial charge in [0.25, 0.3) is 10.1 Å². The van der Waals surface area contributed by atoms with Crippen molar-refractivity contribution in [2.75, 3.05) is 13.2 Å². The number of rotatable bonds is 11. The van der Waals surface area contributed by atoms with E-state index in [-0.39, 0.29) is 42.5 Å². The Morgan fingerprint density at radius 3 is 2.09 bits per heavy atom. The summed E-state index contributed by atoms with van der Waals surface area (Å²) in [5.74, 6) is -0.661. The third kappa shape index (κ3) is 8.22. The molecule has 2 aromatic carbocycles. The molecular formula is C29H36Br2O11S2. The molecule has 11 nitrogen and oxygen atoms in total. The van der Waals surface area contributed by atoms with E-state index in [9.17, 15) is 16.8 Å². The minimum absolute atomic E-state index is 0.0241. The fraction of sp³-hybridized carbons (Fsp3) is 0.586. The molecule has 5 rings (SSSR count). The highest BCUT2D eigenvalue weighted by atomic mass is 79.9. The fourth-order valence-electron chi connectivity index (χ4n) is 5.65. The number of hydrogen-bond acceptors (Lipinski definition) is 11. The van der Waals surface area contributed by atoms with Crippen molar-refractivity contribution in [1.82, 2.24) is 0 Å². The van der Waals surface area contributed by atoms with Crippen molar-refractivity contribution >= 4 is 52.4 Å². The lowest BCUT2D eigenvalue weighted by Crippen LogP contribution is -2.55. The maximum absolute atomic E-state index is 12.8. The van der Waals surface area contributed by atoms with Crippen LogP contribution in [0.5, 0.6) is 5.75 Å². The molecule has 3 saturated heterocycles. The third-order valence-corrected chi connectivity index (χ3v) is 11.7. The summed E-state index contributed by atoms with van der Waals surface area (Å²) in [6.07, 6.45) is -4.39. The van der Waals surface area contributed by atoms with E-state index in [1.165, 1.54) is 12.1 Å². The number of hydrogen-bond donors (Lipinski definition) is 0. The molecule has 0 saturated carbocycles. The van der Waals surface area contributed by atoms with E-state index in [2.05, 4.69) is 38.8 Å². The number of fused-ring (bicyclic) bond motifs is 2. The van der Waals surface area contributed by atoms with Crippen molar-refractivity contribution < 1.29 is 48.3 Å². The van der Waals surface area contributed by atoms with Crippen molar-refractivity contribution in [2.24, 2.45) is 23.7 Å². The lowest BCUT2D eigenvalue weighted by atomic mass is 9.79. The van der Waals surface area contributed by atoms with E-state index < -0.39 is 63.4 Å². The van der Waals surface area contributed by atoms with E-state index >= 15 is 0 Å². The van der Waals surface area contributed by atoms with Crippen LogP contribution in [0.1, 0.15) is 33.3 Å². The Hall–Kier alpha value is -1.14. The molecule has 2 aromatic rings. The average molecular weight is 785 g/mol. The van der Waals surface area contributed by atoms with Gasteiger partial charge in [-0.1, -0.05) is 71.7 Å². The minimum atomic E-state index is -4.48. The van der Waals surface area contributed by atoms with Crippen LogP contribution in [0.4, 0.5) is 0 Å². The first-order valence-corrected chi connectivity index (χ1v) is 18.8. The predicted molar refractivity (Wildman–Crippen MR) is 166 cm³/mol. The van der Waals surface area contributed by atoms with Crippen molar-refractivity contribution in [1.29, 1.82) is 0 Å². The molecule has 0 amide bonds. The van der Waals surface area contributed by atoms with Gasteiger partial charge < -0.3 is 23.1 Å². The maximum Gasteiger partial charge on any atom is 0.449 e. The van der Waals surface area contributed by atoms with Gasteiger partial charge in [0, 0.05) is 20.8 Å². The minimum Gasteiger partial charge on any atom is -0.362 e. The molecule has 4 unspecified atom stereocenters. The van der Waals surface area contributed by atoms with Crippen molar-refractivity contribution in [3.63, 3.8) is 0 Å². The normalized spacial score (nSPS) is 34.1. The molecule has 0 aliphatic carbocycles. The lowest BCUT2D eigenvalue weighted by Gasteiger charge is -2.46. The van der Waals surface area contributed by atoms with Gasteiger partial charge in [0.15, 0.2) is 12.6 Å². The van der Waals surface area contributed by atoms with Gasteiger partial charge in [-0.15, -0.1) is 0 Å². The van der Waals surface area contributed by atoms with Gasteiger partial charge in [-0.3, -0.25) is 4.18 Å². The summed E-state index contributed by atoms with van der Waals surface area (Å²) in [6.45, 7) is 7.87. The summed E-state index contributed by atoms with van der Waals surface area (Å²) in [6, 6.07) is 13.3. The van der Waals surface area contributed by atoms with Crippen LogP contribution in [-0.2, 0) is 53.6 Å². The summed E-state index contributed by atoms with van der Waals surface area (Å²) in [5, 5.41) is 0. The molecule has 0 aromatic heterocycles. The highest BCUT2D eigenvalue weighted by Crippen LogP contribution is 2.41. The standard InChI is InChI=1S/C29H36Br2O11S2/c1-16-17(2)24(14-37-43(32,33)15-20-5-7-21(30)8-6-20)38-28(18(16)3)40-26-19(4)27(29-36-13-25(26)39-29)42-44(34,35)41-23-11-9-22(31)10-12-23/h5-12,16-19,24-29H,13-15H2,1-4H3/t16-,17-,18?,19-,24?,25?,26-,27?,28-,29+/m0/s1. The number of ether oxygens (including phenoxy) is 4. The smallest absolute Gasteiger partial charge is 0.362 e. The van der Waals surface area contributed by atoms with Crippen LogP contribution in [0, 0.1) is 23.7 Å². The summed E-state index contributed by atoms with van der Waals surface area (Å²) in [5.41, 5.74) is 0.610. The van der Waals surface area contributed by atoms with Crippen LogP contribution in [0.15, 0.2) is 57.5 Å². The third-order valence-electron chi connectivity index (χ3n) is 8.59. The summed E-state index contributed by atoms with van der Waals surface area (Å²) in [4.78, 5) is 0. The topological polar surface area (TPSA) is 133 Å². The molecule has 3 heterocycles. The molecule has 3 fully saturated rings. The molecule has 10 atom stereocenters. The second kappa shape index (κ2) is 13.9. The van der Waals surface area contributed by atoms with Gasteiger partial charge in [0.2, 0.25) is 0 Å². The molecular weight excluding hydrogens is 748 g/mol. The molecule has 244 valence electrons. The molecule has 44 heavy (non-hydrogen) atoms. The second-order valence-electron chi connectivity index (χ2n) is 11.6. The molecule has 0 radical (unpaired) electrons. The van der Waals surface area contributed by atoms with Crippen LogP contribution in [-0.4, -0.2) is 67.0 Å². The van der Waals surface area contributed by atoms with Crippen LogP contribution >= 0.6 is 31.9 Å². The first-order chi connectivity index (χ1) is 20.7. The Morgan fingerprint density at radius 2 is 1.43 bits per heavy atom. The highest BCUT2D eigenvalue weighted by Gasteiger charge is 2.54. The molecule has 0 N–H and O–H groups in total. The molecule has 15 heteroatoms. The van der Waals surface area contributed by atoms with E-state index in [0.29, 0.717) is 5.56 Å². The predicted octanol–water partition coefficient (Wildman–Crippen LogP) is 5.18. The fourth-order valence-corrected chi connectivity index (χ4v) is 8.13. The van der Waals surface area contributed by atoms with Crippen LogP contribution in [0.2, 0.25) is 0 Å².